The van der Waals surface area contributed by atoms with Gasteiger partial charge in [0.15, 0.2) is 0 Å². The molecule has 0 fully saturated rings. The molecule has 0 radical (unpaired) electrons. The lowest BCUT2D eigenvalue weighted by Crippen LogP contribution is -2.33. The van der Waals surface area contributed by atoms with Crippen LogP contribution in [0.1, 0.15) is 32.0 Å². The van der Waals surface area contributed by atoms with E-state index in [2.05, 4.69) is 5.10 Å². The van der Waals surface area contributed by atoms with Crippen LogP contribution in [-0.4, -0.2) is 40.1 Å². The first-order valence-corrected chi connectivity index (χ1v) is 6.41. The Hall–Kier alpha value is -1.56. The second-order valence-corrected chi connectivity index (χ2v) is 5.69. The summed E-state index contributed by atoms with van der Waals surface area (Å²) in [5.41, 5.74) is 1.57. The molecule has 1 aliphatic rings. The summed E-state index contributed by atoms with van der Waals surface area (Å²) < 4.78 is 12.2. The molecule has 0 aromatic carbocycles. The molecule has 0 saturated heterocycles. The Morgan fingerprint density at radius 1 is 1.42 bits per heavy atom. The van der Waals surface area contributed by atoms with E-state index < -0.39 is 5.60 Å². The third-order valence-electron chi connectivity index (χ3n) is 2.80. The SMILES string of the molecule is COCCn1cc2c(n1)CN(C(=O)OC(C)(C)C)C2. The number of hydrogen-bond donors (Lipinski definition) is 0. The molecule has 2 rings (SSSR count). The van der Waals surface area contributed by atoms with E-state index in [1.807, 2.05) is 31.6 Å². The fourth-order valence-corrected chi connectivity index (χ4v) is 1.97. The fourth-order valence-electron chi connectivity index (χ4n) is 1.97. The highest BCUT2D eigenvalue weighted by atomic mass is 16.6. The number of aromatic nitrogens is 2. The standard InChI is InChI=1S/C13H21N3O3/c1-13(2,3)19-12(17)15-7-10-8-16(5-6-18-4)14-11(10)9-15/h8H,5-7,9H2,1-4H3. The minimum Gasteiger partial charge on any atom is -0.444 e. The number of amides is 1. The van der Waals surface area contributed by atoms with Gasteiger partial charge < -0.3 is 9.47 Å². The normalized spacial score (nSPS) is 14.6. The second kappa shape index (κ2) is 5.21. The zero-order valence-corrected chi connectivity index (χ0v) is 12.0. The van der Waals surface area contributed by atoms with Gasteiger partial charge in [-0.1, -0.05) is 0 Å². The summed E-state index contributed by atoms with van der Waals surface area (Å²) in [5.74, 6) is 0. The van der Waals surface area contributed by atoms with Crippen LogP contribution in [-0.2, 0) is 29.1 Å². The van der Waals surface area contributed by atoms with Crippen molar-refractivity contribution in [3.05, 3.63) is 17.5 Å². The molecule has 0 unspecified atom stereocenters. The van der Waals surface area contributed by atoms with Crippen LogP contribution in [0.15, 0.2) is 6.20 Å². The van der Waals surface area contributed by atoms with Gasteiger partial charge in [-0.3, -0.25) is 9.58 Å². The van der Waals surface area contributed by atoms with Crippen molar-refractivity contribution < 1.29 is 14.3 Å². The molecule has 0 spiro atoms. The van der Waals surface area contributed by atoms with Gasteiger partial charge in [0.1, 0.15) is 5.60 Å². The summed E-state index contributed by atoms with van der Waals surface area (Å²) in [7, 11) is 1.67. The van der Waals surface area contributed by atoms with Crippen molar-refractivity contribution in [2.24, 2.45) is 0 Å². The summed E-state index contributed by atoms with van der Waals surface area (Å²) in [5, 5.41) is 4.44. The van der Waals surface area contributed by atoms with E-state index in [1.54, 1.807) is 12.0 Å². The first-order chi connectivity index (χ1) is 8.89. The smallest absolute Gasteiger partial charge is 0.410 e. The Morgan fingerprint density at radius 2 is 2.16 bits per heavy atom. The molecule has 0 N–H and O–H groups in total. The second-order valence-electron chi connectivity index (χ2n) is 5.69. The van der Waals surface area contributed by atoms with Crippen molar-refractivity contribution in [2.75, 3.05) is 13.7 Å². The van der Waals surface area contributed by atoms with Gasteiger partial charge in [0.25, 0.3) is 0 Å². The number of carbonyl (C=O) groups excluding carboxylic acids is 1. The Labute approximate surface area is 113 Å². The van der Waals surface area contributed by atoms with E-state index in [9.17, 15) is 4.79 Å². The topological polar surface area (TPSA) is 56.6 Å². The summed E-state index contributed by atoms with van der Waals surface area (Å²) in [6.07, 6.45) is 1.69. The highest BCUT2D eigenvalue weighted by Gasteiger charge is 2.29. The lowest BCUT2D eigenvalue weighted by molar-refractivity contribution is 0.0239. The first kappa shape index (κ1) is 13.9. The molecular weight excluding hydrogens is 246 g/mol. The number of rotatable bonds is 3. The minimum absolute atomic E-state index is 0.283. The number of hydrogen-bond acceptors (Lipinski definition) is 4. The van der Waals surface area contributed by atoms with E-state index in [-0.39, 0.29) is 6.09 Å². The lowest BCUT2D eigenvalue weighted by atomic mass is 10.2. The molecule has 0 atom stereocenters. The van der Waals surface area contributed by atoms with Crippen LogP contribution in [0.2, 0.25) is 0 Å². The van der Waals surface area contributed by atoms with Crippen LogP contribution in [0.5, 0.6) is 0 Å². The van der Waals surface area contributed by atoms with Crippen molar-refractivity contribution in [1.29, 1.82) is 0 Å². The van der Waals surface area contributed by atoms with Gasteiger partial charge in [-0.25, -0.2) is 4.79 Å². The van der Waals surface area contributed by atoms with Crippen molar-refractivity contribution in [3.63, 3.8) is 0 Å². The number of ether oxygens (including phenoxy) is 2. The zero-order chi connectivity index (χ0) is 14.0. The highest BCUT2D eigenvalue weighted by Crippen LogP contribution is 2.23. The van der Waals surface area contributed by atoms with Crippen LogP contribution < -0.4 is 0 Å². The molecule has 1 aliphatic heterocycles. The summed E-state index contributed by atoms with van der Waals surface area (Å²) in [6, 6.07) is 0. The lowest BCUT2D eigenvalue weighted by Gasteiger charge is -2.24. The van der Waals surface area contributed by atoms with Crippen molar-refractivity contribution in [1.82, 2.24) is 14.7 Å². The number of carbonyl (C=O) groups is 1. The minimum atomic E-state index is -0.463. The van der Waals surface area contributed by atoms with E-state index in [0.717, 1.165) is 17.8 Å². The summed E-state index contributed by atoms with van der Waals surface area (Å²) in [6.45, 7) is 8.05. The van der Waals surface area contributed by atoms with E-state index >= 15 is 0 Å². The molecule has 2 heterocycles. The Morgan fingerprint density at radius 3 is 2.74 bits per heavy atom. The third-order valence-corrected chi connectivity index (χ3v) is 2.80. The largest absolute Gasteiger partial charge is 0.444 e. The van der Waals surface area contributed by atoms with E-state index in [1.165, 1.54) is 0 Å². The first-order valence-electron chi connectivity index (χ1n) is 6.41. The van der Waals surface area contributed by atoms with Gasteiger partial charge in [0.05, 0.1) is 31.9 Å². The van der Waals surface area contributed by atoms with Crippen LogP contribution in [0.3, 0.4) is 0 Å². The van der Waals surface area contributed by atoms with Gasteiger partial charge in [-0.05, 0) is 20.8 Å². The summed E-state index contributed by atoms with van der Waals surface area (Å²) in [4.78, 5) is 13.6. The molecule has 1 aromatic heterocycles. The van der Waals surface area contributed by atoms with Crippen molar-refractivity contribution in [2.45, 2.75) is 46.0 Å². The maximum absolute atomic E-state index is 11.9. The number of fused-ring (bicyclic) bond motifs is 1. The molecular formula is C13H21N3O3. The third kappa shape index (κ3) is 3.47. The Bertz CT molecular complexity index is 439. The van der Waals surface area contributed by atoms with Crippen LogP contribution >= 0.6 is 0 Å². The average Bonchev–Trinajstić information content (AvgIpc) is 2.81. The molecule has 1 aromatic rings. The Kier molecular flexibility index (Phi) is 3.80. The zero-order valence-electron chi connectivity index (χ0n) is 12.0. The quantitative estimate of drug-likeness (QED) is 0.837. The maximum atomic E-state index is 11.9. The summed E-state index contributed by atoms with van der Waals surface area (Å²) >= 11 is 0. The van der Waals surface area contributed by atoms with Gasteiger partial charge in [0.2, 0.25) is 0 Å². The molecule has 19 heavy (non-hydrogen) atoms. The molecule has 0 aliphatic carbocycles. The highest BCUT2D eigenvalue weighted by molar-refractivity contribution is 5.69. The van der Waals surface area contributed by atoms with Crippen LogP contribution in [0, 0.1) is 0 Å². The van der Waals surface area contributed by atoms with Gasteiger partial charge in [0, 0.05) is 18.9 Å². The molecule has 6 heteroatoms. The van der Waals surface area contributed by atoms with Crippen molar-refractivity contribution >= 4 is 6.09 Å². The van der Waals surface area contributed by atoms with Gasteiger partial charge in [-0.2, -0.15) is 5.10 Å². The molecule has 0 bridgehead atoms. The maximum Gasteiger partial charge on any atom is 0.410 e. The van der Waals surface area contributed by atoms with Gasteiger partial charge >= 0.3 is 6.09 Å². The average molecular weight is 267 g/mol. The van der Waals surface area contributed by atoms with Gasteiger partial charge in [-0.15, -0.1) is 0 Å². The Balaban J connectivity index is 1.94. The van der Waals surface area contributed by atoms with E-state index in [4.69, 9.17) is 9.47 Å². The molecule has 106 valence electrons. The number of nitrogens with zero attached hydrogens (tertiary/aromatic N) is 3. The fraction of sp³-hybridized carbons (Fsp3) is 0.692. The number of methoxy groups -OCH3 is 1. The van der Waals surface area contributed by atoms with Crippen molar-refractivity contribution in [3.8, 4) is 0 Å². The predicted molar refractivity (Wildman–Crippen MR) is 69.6 cm³/mol. The molecule has 1 amide bonds. The monoisotopic (exact) mass is 267 g/mol. The van der Waals surface area contributed by atoms with Crippen LogP contribution in [0.25, 0.3) is 0 Å². The predicted octanol–water partition coefficient (Wildman–Crippen LogP) is 1.78. The molecule has 6 nitrogen and oxygen atoms in total. The van der Waals surface area contributed by atoms with Crippen LogP contribution in [0.4, 0.5) is 4.79 Å². The molecule has 0 saturated carbocycles. The van der Waals surface area contributed by atoms with E-state index in [0.29, 0.717) is 19.7 Å².